The molecule has 2 N–H and O–H groups in total. The molecular formula is C28H17F3N4O2S2. The summed E-state index contributed by atoms with van der Waals surface area (Å²) in [4.78, 5) is 7.61. The van der Waals surface area contributed by atoms with Gasteiger partial charge < -0.3 is 5.32 Å². The number of thiazole rings is 1. The monoisotopic (exact) mass is 562 g/mol. The summed E-state index contributed by atoms with van der Waals surface area (Å²) < 4.78 is 71.5. The van der Waals surface area contributed by atoms with Crippen LogP contribution in [0.3, 0.4) is 0 Å². The molecule has 0 amide bonds. The molecule has 6 aromatic rings. The Bertz CT molecular complexity index is 1970. The summed E-state index contributed by atoms with van der Waals surface area (Å²) in [5.74, 6) is -3.23. The molecule has 194 valence electrons. The molecule has 11 heteroatoms. The van der Waals surface area contributed by atoms with Crippen LogP contribution in [0.2, 0.25) is 0 Å². The molecule has 6 rings (SSSR count). The normalized spacial score (nSPS) is 11.7. The number of halogens is 3. The number of aromatic nitrogens is 2. The summed E-state index contributed by atoms with van der Waals surface area (Å²) in [5, 5.41) is 4.12. The Labute approximate surface area is 224 Å². The number of sulfonamides is 1. The standard InChI is InChI=1S/C28H17F3N4O2S2/c29-21-2-1-3-22(30)28(21)39(36,37)35-18-5-7-19(23(31)13-18)16-4-8-24-20(12-16)25(10-11-32-24)34-17-6-9-27-26(14-17)33-15-38-27/h1-15,35H,(H,32,34). The van der Waals surface area contributed by atoms with Crippen LogP contribution >= 0.6 is 11.3 Å². The van der Waals surface area contributed by atoms with Crippen LogP contribution < -0.4 is 10.0 Å². The van der Waals surface area contributed by atoms with E-state index in [0.717, 1.165) is 51.2 Å². The summed E-state index contributed by atoms with van der Waals surface area (Å²) in [7, 11) is -4.63. The van der Waals surface area contributed by atoms with Crippen LogP contribution in [0.25, 0.3) is 32.2 Å². The van der Waals surface area contributed by atoms with Crippen molar-refractivity contribution < 1.29 is 21.6 Å². The van der Waals surface area contributed by atoms with Crippen LogP contribution in [-0.4, -0.2) is 18.4 Å². The molecule has 0 unspecified atom stereocenters. The van der Waals surface area contributed by atoms with E-state index >= 15 is 4.39 Å². The van der Waals surface area contributed by atoms with Crippen LogP contribution in [0.15, 0.2) is 95.5 Å². The summed E-state index contributed by atoms with van der Waals surface area (Å²) in [6.07, 6.45) is 1.67. The lowest BCUT2D eigenvalue weighted by molar-refractivity contribution is 0.521. The van der Waals surface area contributed by atoms with Crippen LogP contribution in [0.5, 0.6) is 0 Å². The van der Waals surface area contributed by atoms with Gasteiger partial charge in [0.25, 0.3) is 10.0 Å². The molecule has 0 aliphatic heterocycles. The zero-order chi connectivity index (χ0) is 27.1. The Balaban J connectivity index is 1.32. The quantitative estimate of drug-likeness (QED) is 0.220. The maximum absolute atomic E-state index is 15.2. The van der Waals surface area contributed by atoms with Crippen molar-refractivity contribution in [1.82, 2.24) is 9.97 Å². The zero-order valence-electron chi connectivity index (χ0n) is 19.8. The van der Waals surface area contributed by atoms with Crippen LogP contribution in [0.1, 0.15) is 0 Å². The number of benzene rings is 4. The van der Waals surface area contributed by atoms with Crippen molar-refractivity contribution in [3.05, 3.63) is 108 Å². The first-order valence-corrected chi connectivity index (χ1v) is 13.9. The summed E-state index contributed by atoms with van der Waals surface area (Å²) in [6, 6.07) is 19.3. The van der Waals surface area contributed by atoms with Gasteiger partial charge in [0.15, 0.2) is 4.90 Å². The van der Waals surface area contributed by atoms with E-state index in [-0.39, 0.29) is 11.3 Å². The lowest BCUT2D eigenvalue weighted by Crippen LogP contribution is -2.16. The van der Waals surface area contributed by atoms with Gasteiger partial charge in [0.1, 0.15) is 17.5 Å². The van der Waals surface area contributed by atoms with Crippen molar-refractivity contribution in [1.29, 1.82) is 0 Å². The highest BCUT2D eigenvalue weighted by molar-refractivity contribution is 7.92. The maximum Gasteiger partial charge on any atom is 0.267 e. The van der Waals surface area contributed by atoms with Gasteiger partial charge >= 0.3 is 0 Å². The summed E-state index contributed by atoms with van der Waals surface area (Å²) in [6.45, 7) is 0. The molecule has 4 aromatic carbocycles. The molecule has 0 fully saturated rings. The van der Waals surface area contributed by atoms with Gasteiger partial charge in [0.05, 0.1) is 26.9 Å². The van der Waals surface area contributed by atoms with Gasteiger partial charge in [-0.05, 0) is 72.3 Å². The molecular weight excluding hydrogens is 545 g/mol. The van der Waals surface area contributed by atoms with E-state index in [4.69, 9.17) is 0 Å². The molecule has 0 saturated heterocycles. The van der Waals surface area contributed by atoms with Gasteiger partial charge in [0.2, 0.25) is 0 Å². The van der Waals surface area contributed by atoms with Gasteiger partial charge in [-0.15, -0.1) is 11.3 Å². The molecule has 0 aliphatic rings. The third-order valence-electron chi connectivity index (χ3n) is 6.07. The fraction of sp³-hybridized carbons (Fsp3) is 0. The first-order chi connectivity index (χ1) is 18.8. The van der Waals surface area contributed by atoms with E-state index < -0.39 is 32.4 Å². The molecule has 0 saturated carbocycles. The molecule has 39 heavy (non-hydrogen) atoms. The van der Waals surface area contributed by atoms with Crippen molar-refractivity contribution in [2.24, 2.45) is 0 Å². The molecule has 6 nitrogen and oxygen atoms in total. The van der Waals surface area contributed by atoms with Crippen LogP contribution in [0.4, 0.5) is 30.2 Å². The average Bonchev–Trinajstić information content (AvgIpc) is 3.36. The molecule has 0 aliphatic carbocycles. The largest absolute Gasteiger partial charge is 0.355 e. The second kappa shape index (κ2) is 9.68. The van der Waals surface area contributed by atoms with Crippen molar-refractivity contribution in [2.45, 2.75) is 4.90 Å². The zero-order valence-corrected chi connectivity index (χ0v) is 21.5. The Hall–Kier alpha value is -4.48. The highest BCUT2D eigenvalue weighted by Gasteiger charge is 2.24. The summed E-state index contributed by atoms with van der Waals surface area (Å²) in [5.41, 5.74) is 5.49. The molecule has 0 bridgehead atoms. The Morgan fingerprint density at radius 2 is 1.54 bits per heavy atom. The van der Waals surface area contributed by atoms with Crippen LogP contribution in [0, 0.1) is 17.5 Å². The number of pyridine rings is 1. The molecule has 2 heterocycles. The van der Waals surface area contributed by atoms with E-state index in [0.29, 0.717) is 11.1 Å². The van der Waals surface area contributed by atoms with E-state index in [2.05, 4.69) is 15.3 Å². The van der Waals surface area contributed by atoms with E-state index in [1.165, 1.54) is 12.1 Å². The summed E-state index contributed by atoms with van der Waals surface area (Å²) >= 11 is 1.55. The topological polar surface area (TPSA) is 84.0 Å². The molecule has 0 radical (unpaired) electrons. The van der Waals surface area contributed by atoms with E-state index in [9.17, 15) is 17.2 Å². The third kappa shape index (κ3) is 4.77. The first kappa shape index (κ1) is 24.8. The minimum absolute atomic E-state index is 0.179. The number of rotatable bonds is 6. The molecule has 0 spiro atoms. The number of hydrogen-bond donors (Lipinski definition) is 2. The maximum atomic E-state index is 15.2. The van der Waals surface area contributed by atoms with Gasteiger partial charge in [-0.2, -0.15) is 0 Å². The number of fused-ring (bicyclic) bond motifs is 2. The second-order valence-electron chi connectivity index (χ2n) is 8.60. The van der Waals surface area contributed by atoms with Gasteiger partial charge in [-0.1, -0.05) is 12.1 Å². The predicted molar refractivity (Wildman–Crippen MR) is 147 cm³/mol. The first-order valence-electron chi connectivity index (χ1n) is 11.5. The Morgan fingerprint density at radius 3 is 2.33 bits per heavy atom. The van der Waals surface area contributed by atoms with Crippen LogP contribution in [-0.2, 0) is 10.0 Å². The van der Waals surface area contributed by atoms with Gasteiger partial charge in [0, 0.05) is 28.5 Å². The van der Waals surface area contributed by atoms with Gasteiger partial charge in [-0.25, -0.2) is 26.6 Å². The SMILES string of the molecule is O=S(=O)(Nc1ccc(-c2ccc3nccc(Nc4ccc5scnc5c4)c3c2)c(F)c1)c1c(F)cccc1F. The predicted octanol–water partition coefficient (Wildman–Crippen LogP) is 7.47. The fourth-order valence-electron chi connectivity index (χ4n) is 4.27. The average molecular weight is 563 g/mol. The lowest BCUT2D eigenvalue weighted by atomic mass is 10.0. The number of hydrogen-bond acceptors (Lipinski definition) is 6. The van der Waals surface area contributed by atoms with Crippen molar-refractivity contribution >= 4 is 59.5 Å². The van der Waals surface area contributed by atoms with Gasteiger partial charge in [-0.3, -0.25) is 9.71 Å². The highest BCUT2D eigenvalue weighted by atomic mass is 32.2. The third-order valence-corrected chi connectivity index (χ3v) is 8.31. The number of nitrogens with one attached hydrogen (secondary N) is 2. The Morgan fingerprint density at radius 1 is 0.744 bits per heavy atom. The van der Waals surface area contributed by atoms with Crippen molar-refractivity contribution in [3.8, 4) is 11.1 Å². The Kier molecular flexibility index (Phi) is 6.16. The van der Waals surface area contributed by atoms with E-state index in [1.54, 1.807) is 41.2 Å². The molecule has 2 aromatic heterocycles. The fourth-order valence-corrected chi connectivity index (χ4v) is 6.12. The number of nitrogens with zero attached hydrogens (tertiary/aromatic N) is 2. The van der Waals surface area contributed by atoms with Crippen molar-refractivity contribution in [3.63, 3.8) is 0 Å². The minimum atomic E-state index is -4.63. The smallest absolute Gasteiger partial charge is 0.267 e. The lowest BCUT2D eigenvalue weighted by Gasteiger charge is -2.13. The molecule has 0 atom stereocenters. The second-order valence-corrected chi connectivity index (χ2v) is 11.1. The number of anilines is 3. The van der Waals surface area contributed by atoms with E-state index in [1.807, 2.05) is 29.0 Å². The minimum Gasteiger partial charge on any atom is -0.355 e. The highest BCUT2D eigenvalue weighted by Crippen LogP contribution is 2.33. The van der Waals surface area contributed by atoms with Crippen molar-refractivity contribution in [2.75, 3.05) is 10.0 Å².